The van der Waals surface area contributed by atoms with Crippen LogP contribution in [0.15, 0.2) is 0 Å². The number of Topliss-reactive ketones (excluding diaryl/α,β-unsaturated/α-hetero) is 1. The zero-order valence-corrected chi connectivity index (χ0v) is 23.1. The fourth-order valence-corrected chi connectivity index (χ4v) is 5.16. The molecule has 6 nitrogen and oxygen atoms in total. The fraction of sp³-hybridized carbons (Fsp3) is 0.895. The Labute approximate surface area is 209 Å². The first-order valence-corrected chi connectivity index (χ1v) is 15.5. The van der Waals surface area contributed by atoms with E-state index in [0.717, 1.165) is 18.9 Å². The van der Waals surface area contributed by atoms with Gasteiger partial charge in [0.1, 0.15) is 13.3 Å². The monoisotopic (exact) mass is 536 g/mol. The van der Waals surface area contributed by atoms with Crippen molar-refractivity contribution < 1.29 is 27.3 Å². The maximum absolute atomic E-state index is 10.7. The molecule has 0 heterocycles. The maximum Gasteiger partial charge on any atom is 0.264 e. The maximum atomic E-state index is 10.7. The molecule has 0 aromatic heterocycles. The minimum absolute atomic E-state index is 0.167. The number of carbonyl (C=O) groups is 2. The number of rotatable bonds is 10. The molecule has 198 valence electrons. The van der Waals surface area contributed by atoms with Gasteiger partial charge in [0.25, 0.3) is 10.1 Å². The second-order valence-corrected chi connectivity index (χ2v) is 13.2. The Morgan fingerprint density at radius 3 is 1.50 bits per heavy atom. The smallest absolute Gasteiger partial charge is 0.264 e. The van der Waals surface area contributed by atoms with E-state index in [2.05, 4.69) is 31.9 Å². The van der Waals surface area contributed by atoms with E-state index in [1.807, 2.05) is 0 Å². The van der Waals surface area contributed by atoms with Gasteiger partial charge in [-0.25, -0.2) is 0 Å². The lowest BCUT2D eigenvalue weighted by Crippen LogP contribution is -2.03. The van der Waals surface area contributed by atoms with E-state index in [9.17, 15) is 18.0 Å². The lowest BCUT2D eigenvalue weighted by atomic mass is 10.1. The Balaban J connectivity index is -0.000000102. The molecule has 0 unspecified atom stereocenters. The number of ketones is 1. The highest BCUT2D eigenvalue weighted by molar-refractivity contribution is 8.22. The van der Waals surface area contributed by atoms with Crippen molar-refractivity contribution in [3.8, 4) is 0 Å². The summed E-state index contributed by atoms with van der Waals surface area (Å²) in [6.45, 7) is 14.6. The molecule has 0 bridgehead atoms. The van der Waals surface area contributed by atoms with E-state index in [1.165, 1.54) is 52.6 Å². The van der Waals surface area contributed by atoms with Crippen molar-refractivity contribution in [1.29, 1.82) is 0 Å². The minimum atomic E-state index is -3.15. The highest BCUT2D eigenvalue weighted by Gasteiger charge is 2.19. The Hall–Kier alpha value is 0.615. The van der Waals surface area contributed by atoms with Crippen LogP contribution in [0.1, 0.15) is 48.5 Å². The van der Waals surface area contributed by atoms with Crippen molar-refractivity contribution in [2.75, 3.05) is 49.6 Å². The number of thioether (sulfide) groups is 1. The second-order valence-electron chi connectivity index (χ2n) is 5.18. The van der Waals surface area contributed by atoms with E-state index in [4.69, 9.17) is 5.11 Å². The molecule has 0 spiro atoms. The number of aliphatic hydroxyl groups is 1. The molecule has 0 rings (SSSR count). The third-order valence-electron chi connectivity index (χ3n) is 2.14. The zero-order chi connectivity index (χ0) is 26.6. The lowest BCUT2D eigenvalue weighted by molar-refractivity contribution is -0.115. The van der Waals surface area contributed by atoms with Crippen molar-refractivity contribution in [1.82, 2.24) is 0 Å². The first-order chi connectivity index (χ1) is 14.7. The molecule has 0 saturated heterocycles. The molecular weight excluding hydrogens is 483 g/mol. The summed E-state index contributed by atoms with van der Waals surface area (Å²) in [5.41, 5.74) is 1.19. The standard InChI is InChI=1S/C7H18BOPS.C4H11P.C3H10BO3S.C3H6O.C2H8BO/c1-4-10(8,5-2)6-11-7(3)9;1-3-5-4-2;1-8(5,6)7-3-2-4;1-3(2)4;3-1-2-4/h4-6H2,1-3,8H3;5H,3-4H2,1-2H3;2-3H2,1,4H3;1-2H3;4H,1-2H2,3H3/q;;-1;;-1. The van der Waals surface area contributed by atoms with E-state index in [-0.39, 0.29) is 5.78 Å². The van der Waals surface area contributed by atoms with Crippen LogP contribution in [-0.4, -0.2) is 97.3 Å². The predicted octanol–water partition coefficient (Wildman–Crippen LogP) is 1.37. The molecule has 0 atom stereocenters. The summed E-state index contributed by atoms with van der Waals surface area (Å²) in [5.74, 6) is 0.167. The number of hydrogen-bond donors (Lipinski definition) is 1. The third kappa shape index (κ3) is 63.2. The molecule has 0 aliphatic rings. The average molecular weight is 536 g/mol. The zero-order valence-electron chi connectivity index (χ0n) is 19.6. The SMILES string of the molecule is CC(C)=O.CCPCC.[BH3-]CCO.[BH3-]CCOS(C)(=O)=O.[BH3-][P+](CC)(CC)CSC(C)=O. The molecule has 13 heteroatoms. The molecule has 0 aromatic carbocycles. The van der Waals surface area contributed by atoms with Gasteiger partial charge in [0.15, 0.2) is 5.12 Å². The van der Waals surface area contributed by atoms with Gasteiger partial charge in [-0.2, -0.15) is 21.1 Å². The molecule has 0 saturated carbocycles. The number of hydrogen-bond acceptors (Lipinski definition) is 7. The summed E-state index contributed by atoms with van der Waals surface area (Å²) in [5, 5.41) is 8.24. The largest absolute Gasteiger partial charge is 0.400 e. The topological polar surface area (TPSA) is 97.7 Å². The van der Waals surface area contributed by atoms with Gasteiger partial charge >= 0.3 is 0 Å². The van der Waals surface area contributed by atoms with Gasteiger partial charge in [0.2, 0.25) is 0 Å². The van der Waals surface area contributed by atoms with Crippen LogP contribution in [0.2, 0.25) is 12.6 Å². The molecule has 0 aliphatic carbocycles. The van der Waals surface area contributed by atoms with Gasteiger partial charge in [-0.3, -0.25) is 8.98 Å². The number of carbonyl (C=O) groups excluding carboxylic acids is 2. The molecule has 0 fully saturated rings. The first-order valence-electron chi connectivity index (χ1n) is 9.40. The van der Waals surface area contributed by atoms with Crippen molar-refractivity contribution in [2.45, 2.75) is 61.1 Å². The van der Waals surface area contributed by atoms with Crippen molar-refractivity contribution in [2.24, 2.45) is 0 Å². The Morgan fingerprint density at radius 2 is 1.38 bits per heavy atom. The van der Waals surface area contributed by atoms with E-state index in [0.29, 0.717) is 41.6 Å². The summed E-state index contributed by atoms with van der Waals surface area (Å²) in [6.07, 6.45) is 8.68. The molecule has 0 aliphatic heterocycles. The highest BCUT2D eigenvalue weighted by Crippen LogP contribution is 2.55. The van der Waals surface area contributed by atoms with Crippen LogP contribution in [0, 0.1) is 0 Å². The summed E-state index contributed by atoms with van der Waals surface area (Å²) in [7, 11) is -1.15. The summed E-state index contributed by atoms with van der Waals surface area (Å²) in [6, 6.07) is 0. The average Bonchev–Trinajstić information content (AvgIpc) is 2.71. The van der Waals surface area contributed by atoms with Gasteiger partial charge in [0, 0.05) is 32.5 Å². The van der Waals surface area contributed by atoms with Crippen LogP contribution in [-0.2, 0) is 23.9 Å². The van der Waals surface area contributed by atoms with E-state index < -0.39 is 17.3 Å². The molecule has 32 heavy (non-hydrogen) atoms. The Kier molecular flexibility index (Phi) is 42.2. The highest BCUT2D eigenvalue weighted by atomic mass is 32.2. The van der Waals surface area contributed by atoms with E-state index >= 15 is 0 Å². The molecular formula is C19H53B3O6P2S2-2. The Morgan fingerprint density at radius 1 is 1.00 bits per heavy atom. The summed E-state index contributed by atoms with van der Waals surface area (Å²) >= 11 is 1.56. The lowest BCUT2D eigenvalue weighted by Gasteiger charge is -2.25. The quantitative estimate of drug-likeness (QED) is 0.256. The first kappa shape index (κ1) is 42.7. The van der Waals surface area contributed by atoms with Crippen molar-refractivity contribution in [3.05, 3.63) is 0 Å². The van der Waals surface area contributed by atoms with Gasteiger partial charge in [0.05, 0.1) is 11.7 Å². The van der Waals surface area contributed by atoms with Crippen LogP contribution in [0.5, 0.6) is 0 Å². The van der Waals surface area contributed by atoms with Gasteiger partial charge < -0.3 is 9.90 Å². The predicted molar refractivity (Wildman–Crippen MR) is 164 cm³/mol. The van der Waals surface area contributed by atoms with Crippen molar-refractivity contribution in [3.63, 3.8) is 0 Å². The molecule has 1 N–H and O–H groups in total. The van der Waals surface area contributed by atoms with Crippen molar-refractivity contribution >= 4 is 71.8 Å². The van der Waals surface area contributed by atoms with Crippen LogP contribution in [0.3, 0.4) is 0 Å². The van der Waals surface area contributed by atoms with Crippen LogP contribution in [0.4, 0.5) is 0 Å². The molecule has 0 amide bonds. The summed E-state index contributed by atoms with van der Waals surface area (Å²) < 4.78 is 24.8. The van der Waals surface area contributed by atoms with Crippen LogP contribution in [0.25, 0.3) is 0 Å². The normalized spacial score (nSPS) is 10.0. The summed E-state index contributed by atoms with van der Waals surface area (Å²) in [4.78, 5) is 20.2. The van der Waals surface area contributed by atoms with Gasteiger partial charge in [-0.05, 0) is 55.7 Å². The van der Waals surface area contributed by atoms with E-state index in [1.54, 1.807) is 18.7 Å². The fourth-order valence-electron chi connectivity index (χ4n) is 0.990. The minimum Gasteiger partial charge on any atom is -0.400 e. The molecule has 0 aromatic rings. The van der Waals surface area contributed by atoms with Gasteiger partial charge in [-0.15, -0.1) is 15.7 Å². The third-order valence-corrected chi connectivity index (χ3v) is 7.91. The van der Waals surface area contributed by atoms with Crippen LogP contribution < -0.4 is 0 Å². The van der Waals surface area contributed by atoms with Crippen LogP contribution >= 0.6 is 27.5 Å². The molecule has 0 radical (unpaired) electrons. The van der Waals surface area contributed by atoms with Gasteiger partial charge in [-0.1, -0.05) is 25.6 Å². The second kappa shape index (κ2) is 31.6. The Bertz CT molecular complexity index is 501. The number of aliphatic hydroxyl groups excluding tert-OH is 1.